The van der Waals surface area contributed by atoms with Gasteiger partial charge >= 0.3 is 6.09 Å². The van der Waals surface area contributed by atoms with Crippen LogP contribution in [0.3, 0.4) is 0 Å². The van der Waals surface area contributed by atoms with Crippen LogP contribution < -0.4 is 0 Å². The Morgan fingerprint density at radius 3 is 2.29 bits per heavy atom. The van der Waals surface area contributed by atoms with E-state index in [1.807, 2.05) is 34.6 Å². The zero-order chi connectivity index (χ0) is 13.6. The molecule has 0 aliphatic heterocycles. The topological polar surface area (TPSA) is 53.3 Å². The van der Waals surface area contributed by atoms with E-state index in [1.54, 1.807) is 11.9 Å². The number of amides is 1. The molecule has 4 nitrogen and oxygen atoms in total. The first-order valence-electron chi connectivity index (χ1n) is 6.01. The van der Waals surface area contributed by atoms with Crippen LogP contribution in [0.25, 0.3) is 0 Å². The molecule has 0 unspecified atom stereocenters. The first kappa shape index (κ1) is 15.8. The van der Waals surface area contributed by atoms with Crippen molar-refractivity contribution in [3.8, 4) is 6.07 Å². The van der Waals surface area contributed by atoms with Gasteiger partial charge in [-0.25, -0.2) is 4.79 Å². The summed E-state index contributed by atoms with van der Waals surface area (Å²) >= 11 is 0. The molecule has 1 atom stereocenters. The van der Waals surface area contributed by atoms with Crippen molar-refractivity contribution < 1.29 is 9.53 Å². The summed E-state index contributed by atoms with van der Waals surface area (Å²) in [5.74, 6) is 0.306. The summed E-state index contributed by atoms with van der Waals surface area (Å²) in [5.41, 5.74) is -0.484. The Morgan fingerprint density at radius 2 is 1.94 bits per heavy atom. The van der Waals surface area contributed by atoms with Crippen LogP contribution in [0.5, 0.6) is 0 Å². The highest BCUT2D eigenvalue weighted by molar-refractivity contribution is 5.68. The molecule has 0 aromatic rings. The van der Waals surface area contributed by atoms with Gasteiger partial charge in [-0.15, -0.1) is 0 Å². The zero-order valence-corrected chi connectivity index (χ0v) is 11.8. The molecular weight excluding hydrogens is 216 g/mol. The van der Waals surface area contributed by atoms with Crippen molar-refractivity contribution in [3.63, 3.8) is 0 Å². The Bertz CT molecular complexity index is 287. The van der Waals surface area contributed by atoms with Crippen LogP contribution in [0.15, 0.2) is 0 Å². The third-order valence-electron chi connectivity index (χ3n) is 2.50. The third kappa shape index (κ3) is 6.15. The molecule has 4 heteroatoms. The Balaban J connectivity index is 4.56. The number of ether oxygens (including phenoxy) is 1. The van der Waals surface area contributed by atoms with E-state index in [2.05, 4.69) is 6.07 Å². The van der Waals surface area contributed by atoms with Crippen molar-refractivity contribution in [2.24, 2.45) is 5.92 Å². The standard InChI is InChI=1S/C13H24N2O2/c1-10(2)11(8-7-9-14)15(6)12(16)17-13(3,4)5/h10-11H,7-8H2,1-6H3/t11-/m1/s1. The van der Waals surface area contributed by atoms with Gasteiger partial charge in [-0.3, -0.25) is 0 Å². The highest BCUT2D eigenvalue weighted by Crippen LogP contribution is 2.18. The molecule has 0 aliphatic carbocycles. The fraction of sp³-hybridized carbons (Fsp3) is 0.846. The molecule has 0 saturated carbocycles. The Kier molecular flexibility index (Phi) is 6.01. The molecule has 0 radical (unpaired) electrons. The molecule has 0 rings (SSSR count). The largest absolute Gasteiger partial charge is 0.444 e. The second-order valence-corrected chi connectivity index (χ2v) is 5.60. The highest BCUT2D eigenvalue weighted by atomic mass is 16.6. The fourth-order valence-corrected chi connectivity index (χ4v) is 1.66. The summed E-state index contributed by atoms with van der Waals surface area (Å²) in [7, 11) is 1.73. The quantitative estimate of drug-likeness (QED) is 0.758. The van der Waals surface area contributed by atoms with E-state index in [1.165, 1.54) is 0 Å². The van der Waals surface area contributed by atoms with Crippen molar-refractivity contribution in [2.75, 3.05) is 7.05 Å². The van der Waals surface area contributed by atoms with Gasteiger partial charge in [0.25, 0.3) is 0 Å². The van der Waals surface area contributed by atoms with Crippen LogP contribution in [0.2, 0.25) is 0 Å². The lowest BCUT2D eigenvalue weighted by molar-refractivity contribution is 0.0171. The van der Waals surface area contributed by atoms with Crippen LogP contribution in [0.1, 0.15) is 47.5 Å². The number of hydrogen-bond donors (Lipinski definition) is 0. The van der Waals surface area contributed by atoms with Crippen LogP contribution >= 0.6 is 0 Å². The van der Waals surface area contributed by atoms with E-state index in [4.69, 9.17) is 10.00 Å². The number of carbonyl (C=O) groups is 1. The van der Waals surface area contributed by atoms with Gasteiger partial charge in [-0.1, -0.05) is 13.8 Å². The summed E-state index contributed by atoms with van der Waals surface area (Å²) in [6.45, 7) is 9.63. The van der Waals surface area contributed by atoms with Gasteiger partial charge < -0.3 is 9.64 Å². The predicted molar refractivity (Wildman–Crippen MR) is 67.5 cm³/mol. The van der Waals surface area contributed by atoms with Gasteiger partial charge in [0.05, 0.1) is 6.07 Å². The van der Waals surface area contributed by atoms with Crippen LogP contribution in [0.4, 0.5) is 4.79 Å². The van der Waals surface area contributed by atoms with Crippen molar-refractivity contribution in [1.29, 1.82) is 5.26 Å². The summed E-state index contributed by atoms with van der Waals surface area (Å²) in [4.78, 5) is 13.5. The Morgan fingerprint density at radius 1 is 1.41 bits per heavy atom. The van der Waals surface area contributed by atoms with Crippen LogP contribution in [-0.2, 0) is 4.74 Å². The number of rotatable bonds is 4. The van der Waals surface area contributed by atoms with Gasteiger partial charge in [0.2, 0.25) is 0 Å². The van der Waals surface area contributed by atoms with Crippen molar-refractivity contribution in [3.05, 3.63) is 0 Å². The van der Waals surface area contributed by atoms with Crippen molar-refractivity contribution in [2.45, 2.75) is 59.1 Å². The minimum absolute atomic E-state index is 0.0458. The lowest BCUT2D eigenvalue weighted by Gasteiger charge is -2.32. The normalized spacial score (nSPS) is 13.1. The van der Waals surface area contributed by atoms with Crippen molar-refractivity contribution in [1.82, 2.24) is 4.90 Å². The summed E-state index contributed by atoms with van der Waals surface area (Å²) in [5, 5.41) is 8.62. The molecule has 0 spiro atoms. The second-order valence-electron chi connectivity index (χ2n) is 5.60. The molecule has 0 bridgehead atoms. The molecular formula is C13H24N2O2. The van der Waals surface area contributed by atoms with E-state index in [0.29, 0.717) is 18.8 Å². The molecule has 1 amide bonds. The van der Waals surface area contributed by atoms with Crippen LogP contribution in [-0.4, -0.2) is 29.7 Å². The number of nitrogens with zero attached hydrogens (tertiary/aromatic N) is 2. The molecule has 98 valence electrons. The van der Waals surface area contributed by atoms with Crippen LogP contribution in [0, 0.1) is 17.2 Å². The molecule has 0 N–H and O–H groups in total. The third-order valence-corrected chi connectivity index (χ3v) is 2.50. The number of nitriles is 1. The Labute approximate surface area is 105 Å². The maximum absolute atomic E-state index is 11.9. The molecule has 0 saturated heterocycles. The number of hydrogen-bond acceptors (Lipinski definition) is 3. The predicted octanol–water partition coefficient (Wildman–Crippen LogP) is 3.18. The molecule has 0 aromatic carbocycles. The van der Waals surface area contributed by atoms with Gasteiger partial charge in [0, 0.05) is 19.5 Å². The molecule has 0 aromatic heterocycles. The monoisotopic (exact) mass is 240 g/mol. The first-order chi connectivity index (χ1) is 7.69. The summed E-state index contributed by atoms with van der Waals surface area (Å²) in [6, 6.07) is 2.16. The lowest BCUT2D eigenvalue weighted by atomic mass is 9.98. The average molecular weight is 240 g/mol. The minimum atomic E-state index is -0.484. The summed E-state index contributed by atoms with van der Waals surface area (Å²) < 4.78 is 5.31. The fourth-order valence-electron chi connectivity index (χ4n) is 1.66. The highest BCUT2D eigenvalue weighted by Gasteiger charge is 2.26. The SMILES string of the molecule is CC(C)[C@@H](CCC#N)N(C)C(=O)OC(C)(C)C. The molecule has 0 fully saturated rings. The van der Waals surface area contributed by atoms with E-state index >= 15 is 0 Å². The molecule has 0 aliphatic rings. The van der Waals surface area contributed by atoms with E-state index < -0.39 is 5.60 Å². The van der Waals surface area contributed by atoms with Gasteiger partial charge in [-0.2, -0.15) is 5.26 Å². The van der Waals surface area contributed by atoms with E-state index in [-0.39, 0.29) is 12.1 Å². The summed E-state index contributed by atoms with van der Waals surface area (Å²) in [6.07, 6.45) is 0.814. The average Bonchev–Trinajstić information content (AvgIpc) is 2.14. The maximum Gasteiger partial charge on any atom is 0.410 e. The molecule has 0 heterocycles. The number of carbonyl (C=O) groups excluding carboxylic acids is 1. The Hall–Kier alpha value is -1.24. The maximum atomic E-state index is 11.9. The lowest BCUT2D eigenvalue weighted by Crippen LogP contribution is -2.43. The van der Waals surface area contributed by atoms with Crippen molar-refractivity contribution >= 4 is 6.09 Å². The minimum Gasteiger partial charge on any atom is -0.444 e. The first-order valence-corrected chi connectivity index (χ1v) is 6.01. The van der Waals surface area contributed by atoms with E-state index in [9.17, 15) is 4.79 Å². The van der Waals surface area contributed by atoms with Gasteiger partial charge in [0.15, 0.2) is 0 Å². The molecule has 17 heavy (non-hydrogen) atoms. The van der Waals surface area contributed by atoms with E-state index in [0.717, 1.165) is 0 Å². The van der Waals surface area contributed by atoms with Gasteiger partial charge in [0.1, 0.15) is 5.60 Å². The zero-order valence-electron chi connectivity index (χ0n) is 11.8. The smallest absolute Gasteiger partial charge is 0.410 e. The van der Waals surface area contributed by atoms with Gasteiger partial charge in [-0.05, 0) is 33.1 Å². The second kappa shape index (κ2) is 6.48.